The summed E-state index contributed by atoms with van der Waals surface area (Å²) in [5.74, 6) is 0.255. The zero-order chi connectivity index (χ0) is 19.4. The Balaban J connectivity index is 1.90. The molecule has 0 radical (unpaired) electrons. The molecule has 7 heteroatoms. The topological polar surface area (TPSA) is 38.8 Å². The Kier molecular flexibility index (Phi) is 5.93. The fraction of sp³-hybridized carbons (Fsp3) is 0.100. The lowest BCUT2D eigenvalue weighted by Gasteiger charge is -2.14. The molecular formula is C20H16FNO3S2. The molecule has 1 aliphatic heterocycles. The first-order valence-electron chi connectivity index (χ1n) is 7.99. The van der Waals surface area contributed by atoms with E-state index in [1.54, 1.807) is 42.5 Å². The Bertz CT molecular complexity index is 943. The molecule has 0 N–H and O–H groups in total. The van der Waals surface area contributed by atoms with Crippen molar-refractivity contribution in [1.82, 2.24) is 0 Å². The number of hydrogen-bond donors (Lipinski definition) is 0. The summed E-state index contributed by atoms with van der Waals surface area (Å²) in [6, 6.07) is 11.4. The van der Waals surface area contributed by atoms with Gasteiger partial charge in [-0.2, -0.15) is 0 Å². The van der Waals surface area contributed by atoms with E-state index >= 15 is 0 Å². The molecule has 1 saturated heterocycles. The van der Waals surface area contributed by atoms with Gasteiger partial charge in [0.15, 0.2) is 15.8 Å². The smallest absolute Gasteiger partial charge is 0.270 e. The Labute approximate surface area is 166 Å². The van der Waals surface area contributed by atoms with Crippen LogP contribution < -0.4 is 14.4 Å². The molecule has 2 aromatic carbocycles. The van der Waals surface area contributed by atoms with E-state index in [0.29, 0.717) is 23.0 Å². The van der Waals surface area contributed by atoms with Crippen LogP contribution in [0.5, 0.6) is 11.5 Å². The largest absolute Gasteiger partial charge is 0.493 e. The van der Waals surface area contributed by atoms with Gasteiger partial charge in [-0.25, -0.2) is 4.39 Å². The van der Waals surface area contributed by atoms with E-state index in [0.717, 1.165) is 17.3 Å². The maximum Gasteiger partial charge on any atom is 0.270 e. The van der Waals surface area contributed by atoms with Crippen molar-refractivity contribution >= 4 is 46.0 Å². The maximum absolute atomic E-state index is 14.1. The van der Waals surface area contributed by atoms with Crippen molar-refractivity contribution in [2.45, 2.75) is 0 Å². The van der Waals surface area contributed by atoms with E-state index in [-0.39, 0.29) is 15.9 Å². The second kappa shape index (κ2) is 8.37. The summed E-state index contributed by atoms with van der Waals surface area (Å²) in [5, 5.41) is 0. The number of thiocarbonyl (C=S) groups is 1. The third-order valence-electron chi connectivity index (χ3n) is 3.73. The number of carbonyl (C=O) groups excluding carboxylic acids is 1. The number of amides is 1. The number of rotatable bonds is 6. The van der Waals surface area contributed by atoms with Crippen LogP contribution in [-0.4, -0.2) is 23.9 Å². The summed E-state index contributed by atoms with van der Waals surface area (Å²) in [5.41, 5.74) is 0.890. The Hall–Kier alpha value is -2.64. The van der Waals surface area contributed by atoms with Gasteiger partial charge in [0.25, 0.3) is 5.91 Å². The van der Waals surface area contributed by atoms with E-state index in [4.69, 9.17) is 21.7 Å². The summed E-state index contributed by atoms with van der Waals surface area (Å²) >= 11 is 6.40. The molecule has 1 amide bonds. The van der Waals surface area contributed by atoms with Crippen LogP contribution in [0.3, 0.4) is 0 Å². The molecule has 0 bridgehead atoms. The highest BCUT2D eigenvalue weighted by Gasteiger charge is 2.34. The van der Waals surface area contributed by atoms with Gasteiger partial charge in [0.1, 0.15) is 12.4 Å². The van der Waals surface area contributed by atoms with Crippen molar-refractivity contribution in [3.63, 3.8) is 0 Å². The highest BCUT2D eigenvalue weighted by atomic mass is 32.2. The standard InChI is InChI=1S/C20H16FNO3S2/c1-3-10-25-16-9-8-13(11-17(16)24-2)12-18-19(23)22(20(26)27-18)15-7-5-4-6-14(15)21/h3-9,11-12H,1,10H2,2H3. The van der Waals surface area contributed by atoms with Gasteiger partial charge in [0.2, 0.25) is 0 Å². The first kappa shape index (κ1) is 19.1. The molecule has 2 aromatic rings. The minimum absolute atomic E-state index is 0.147. The van der Waals surface area contributed by atoms with Crippen LogP contribution in [0.15, 0.2) is 60.0 Å². The van der Waals surface area contributed by atoms with Crippen LogP contribution >= 0.6 is 24.0 Å². The zero-order valence-corrected chi connectivity index (χ0v) is 16.1. The van der Waals surface area contributed by atoms with Crippen molar-refractivity contribution in [1.29, 1.82) is 0 Å². The molecule has 0 saturated carbocycles. The van der Waals surface area contributed by atoms with E-state index < -0.39 is 5.82 Å². The second-order valence-electron chi connectivity index (χ2n) is 5.48. The summed E-state index contributed by atoms with van der Waals surface area (Å²) < 4.78 is 25.2. The quantitative estimate of drug-likeness (QED) is 0.395. The molecule has 0 aromatic heterocycles. The van der Waals surface area contributed by atoms with Crippen LogP contribution in [0.25, 0.3) is 6.08 Å². The van der Waals surface area contributed by atoms with Crippen molar-refractivity contribution in [2.24, 2.45) is 0 Å². The van der Waals surface area contributed by atoms with Gasteiger partial charge >= 0.3 is 0 Å². The van der Waals surface area contributed by atoms with E-state index in [2.05, 4.69) is 6.58 Å². The first-order chi connectivity index (χ1) is 13.0. The van der Waals surface area contributed by atoms with Gasteiger partial charge in [-0.15, -0.1) is 0 Å². The lowest BCUT2D eigenvalue weighted by molar-refractivity contribution is -0.113. The number of para-hydroxylation sites is 1. The van der Waals surface area contributed by atoms with Crippen LogP contribution in [0.2, 0.25) is 0 Å². The summed E-state index contributed by atoms with van der Waals surface area (Å²) in [7, 11) is 1.54. The van der Waals surface area contributed by atoms with Gasteiger partial charge in [0.05, 0.1) is 17.7 Å². The molecule has 0 atom stereocenters. The van der Waals surface area contributed by atoms with Crippen molar-refractivity contribution in [2.75, 3.05) is 18.6 Å². The lowest BCUT2D eigenvalue weighted by Crippen LogP contribution is -2.28. The first-order valence-corrected chi connectivity index (χ1v) is 9.22. The zero-order valence-electron chi connectivity index (χ0n) is 14.5. The van der Waals surface area contributed by atoms with Gasteiger partial charge in [-0.1, -0.05) is 54.8 Å². The number of carbonyl (C=O) groups is 1. The van der Waals surface area contributed by atoms with Crippen LogP contribution in [0.4, 0.5) is 10.1 Å². The third kappa shape index (κ3) is 4.04. The van der Waals surface area contributed by atoms with Gasteiger partial charge in [-0.05, 0) is 35.9 Å². The van der Waals surface area contributed by atoms with Gasteiger partial charge in [-0.3, -0.25) is 9.69 Å². The normalized spacial score (nSPS) is 15.3. The molecule has 3 rings (SSSR count). The van der Waals surface area contributed by atoms with Crippen LogP contribution in [0, 0.1) is 5.82 Å². The molecule has 0 unspecified atom stereocenters. The molecule has 4 nitrogen and oxygen atoms in total. The fourth-order valence-electron chi connectivity index (χ4n) is 2.50. The third-order valence-corrected chi connectivity index (χ3v) is 5.03. The number of benzene rings is 2. The average molecular weight is 401 g/mol. The molecular weight excluding hydrogens is 385 g/mol. The summed E-state index contributed by atoms with van der Waals surface area (Å²) in [4.78, 5) is 14.4. The fourth-order valence-corrected chi connectivity index (χ4v) is 3.79. The van der Waals surface area contributed by atoms with Crippen molar-refractivity contribution in [3.8, 4) is 11.5 Å². The van der Waals surface area contributed by atoms with E-state index in [1.807, 2.05) is 0 Å². The van der Waals surface area contributed by atoms with Crippen molar-refractivity contribution < 1.29 is 18.7 Å². The van der Waals surface area contributed by atoms with Gasteiger partial charge in [0, 0.05) is 0 Å². The molecule has 0 spiro atoms. The van der Waals surface area contributed by atoms with Crippen molar-refractivity contribution in [3.05, 3.63) is 71.4 Å². The summed E-state index contributed by atoms with van der Waals surface area (Å²) in [6.07, 6.45) is 3.33. The molecule has 27 heavy (non-hydrogen) atoms. The monoisotopic (exact) mass is 401 g/mol. The highest BCUT2D eigenvalue weighted by Crippen LogP contribution is 2.38. The molecule has 0 aliphatic carbocycles. The number of hydrogen-bond acceptors (Lipinski definition) is 5. The Morgan fingerprint density at radius 3 is 2.74 bits per heavy atom. The highest BCUT2D eigenvalue weighted by molar-refractivity contribution is 8.27. The number of halogens is 1. The minimum Gasteiger partial charge on any atom is -0.493 e. The lowest BCUT2D eigenvalue weighted by atomic mass is 10.1. The van der Waals surface area contributed by atoms with E-state index in [1.165, 1.54) is 24.1 Å². The van der Waals surface area contributed by atoms with Crippen LogP contribution in [-0.2, 0) is 4.79 Å². The number of anilines is 1. The number of methoxy groups -OCH3 is 1. The maximum atomic E-state index is 14.1. The number of thioether (sulfide) groups is 1. The Morgan fingerprint density at radius 1 is 1.26 bits per heavy atom. The summed E-state index contributed by atoms with van der Waals surface area (Å²) in [6.45, 7) is 3.97. The SMILES string of the molecule is C=CCOc1ccc(C=C2SC(=S)N(c3ccccc3F)C2=O)cc1OC. The molecule has 1 fully saturated rings. The predicted molar refractivity (Wildman–Crippen MR) is 111 cm³/mol. The minimum atomic E-state index is -0.500. The predicted octanol–water partition coefficient (Wildman–Crippen LogP) is 4.80. The van der Waals surface area contributed by atoms with E-state index in [9.17, 15) is 9.18 Å². The number of nitrogens with zero attached hydrogens (tertiary/aromatic N) is 1. The molecule has 138 valence electrons. The average Bonchev–Trinajstić information content (AvgIpc) is 2.94. The molecule has 1 heterocycles. The van der Waals surface area contributed by atoms with Gasteiger partial charge < -0.3 is 9.47 Å². The second-order valence-corrected chi connectivity index (χ2v) is 7.15. The Morgan fingerprint density at radius 2 is 2.04 bits per heavy atom. The molecule has 1 aliphatic rings. The van der Waals surface area contributed by atoms with Crippen LogP contribution in [0.1, 0.15) is 5.56 Å². The number of ether oxygens (including phenoxy) is 2.